The van der Waals surface area contributed by atoms with E-state index < -0.39 is 5.97 Å². The summed E-state index contributed by atoms with van der Waals surface area (Å²) in [6, 6.07) is 5.21. The van der Waals surface area contributed by atoms with E-state index in [0.29, 0.717) is 17.1 Å². The molecule has 5 nitrogen and oxygen atoms in total. The summed E-state index contributed by atoms with van der Waals surface area (Å²) in [4.78, 5) is 17.1. The molecule has 1 N–H and O–H groups in total. The minimum absolute atomic E-state index is 0.219. The van der Waals surface area contributed by atoms with Crippen molar-refractivity contribution in [2.24, 2.45) is 0 Å². The molecule has 0 radical (unpaired) electrons. The number of anilines is 1. The Morgan fingerprint density at radius 3 is 2.71 bits per heavy atom. The van der Waals surface area contributed by atoms with Crippen molar-refractivity contribution in [3.05, 3.63) is 23.8 Å². The third kappa shape index (κ3) is 2.08. The van der Waals surface area contributed by atoms with E-state index in [1.807, 2.05) is 18.7 Å². The Bertz CT molecular complexity index is 544. The van der Waals surface area contributed by atoms with Crippen LogP contribution >= 0.6 is 0 Å². The van der Waals surface area contributed by atoms with Crippen LogP contribution in [0.15, 0.2) is 22.6 Å². The van der Waals surface area contributed by atoms with Gasteiger partial charge in [0.25, 0.3) is 6.01 Å². The number of nitrogens with zero attached hydrogens (tertiary/aromatic N) is 2. The van der Waals surface area contributed by atoms with Crippen molar-refractivity contribution in [2.45, 2.75) is 13.8 Å². The maximum absolute atomic E-state index is 10.8. The molecule has 0 aliphatic heterocycles. The first kappa shape index (κ1) is 11.4. The molecule has 0 aliphatic carbocycles. The second kappa shape index (κ2) is 4.45. The average Bonchev–Trinajstić information content (AvgIpc) is 2.72. The van der Waals surface area contributed by atoms with Crippen molar-refractivity contribution in [3.8, 4) is 0 Å². The van der Waals surface area contributed by atoms with Crippen LogP contribution in [0.5, 0.6) is 0 Å². The van der Waals surface area contributed by atoms with Gasteiger partial charge in [-0.3, -0.25) is 0 Å². The number of carbonyl (C=O) groups is 1. The van der Waals surface area contributed by atoms with E-state index in [1.165, 1.54) is 12.1 Å². The molecule has 90 valence electrons. The van der Waals surface area contributed by atoms with Gasteiger partial charge in [-0.25, -0.2) is 4.79 Å². The number of carboxylic acids is 1. The molecule has 0 spiro atoms. The molecule has 2 aromatic rings. The van der Waals surface area contributed by atoms with E-state index in [2.05, 4.69) is 4.98 Å². The van der Waals surface area contributed by atoms with Crippen LogP contribution in [0.25, 0.3) is 11.1 Å². The number of benzene rings is 1. The lowest BCUT2D eigenvalue weighted by molar-refractivity contribution is 0.0697. The fourth-order valence-electron chi connectivity index (χ4n) is 1.68. The summed E-state index contributed by atoms with van der Waals surface area (Å²) < 4.78 is 5.57. The third-order valence-electron chi connectivity index (χ3n) is 2.66. The van der Waals surface area contributed by atoms with E-state index in [-0.39, 0.29) is 5.56 Å². The Balaban J connectivity index is 2.46. The van der Waals surface area contributed by atoms with Crippen LogP contribution in [0.1, 0.15) is 24.2 Å². The van der Waals surface area contributed by atoms with Crippen LogP contribution in [-0.2, 0) is 0 Å². The fraction of sp³-hybridized carbons (Fsp3) is 0.333. The lowest BCUT2D eigenvalue weighted by Gasteiger charge is -2.14. The van der Waals surface area contributed by atoms with Gasteiger partial charge < -0.3 is 14.4 Å². The van der Waals surface area contributed by atoms with Gasteiger partial charge in [0.15, 0.2) is 5.58 Å². The number of fused-ring (bicyclic) bond motifs is 1. The quantitative estimate of drug-likeness (QED) is 0.879. The maximum Gasteiger partial charge on any atom is 0.335 e. The molecule has 0 fully saturated rings. The molecule has 1 aromatic carbocycles. The first-order valence-corrected chi connectivity index (χ1v) is 5.54. The number of rotatable bonds is 4. The fourth-order valence-corrected chi connectivity index (χ4v) is 1.68. The molecule has 0 amide bonds. The van der Waals surface area contributed by atoms with E-state index >= 15 is 0 Å². The number of hydrogen-bond acceptors (Lipinski definition) is 4. The van der Waals surface area contributed by atoms with Crippen molar-refractivity contribution >= 4 is 23.1 Å². The molecule has 0 unspecified atom stereocenters. The molecular weight excluding hydrogens is 220 g/mol. The van der Waals surface area contributed by atoms with Crippen LogP contribution in [0.2, 0.25) is 0 Å². The standard InChI is InChI=1S/C12H14N2O3/c1-3-14(4-2)12-13-9-7-8(11(15)16)5-6-10(9)17-12/h5-7H,3-4H2,1-2H3,(H,15,16). The Kier molecular flexibility index (Phi) is 2.99. The minimum atomic E-state index is -0.959. The predicted molar refractivity (Wildman–Crippen MR) is 64.5 cm³/mol. The highest BCUT2D eigenvalue weighted by molar-refractivity contribution is 5.92. The van der Waals surface area contributed by atoms with E-state index in [9.17, 15) is 4.79 Å². The number of carboxylic acid groups (broad SMARTS) is 1. The normalized spacial score (nSPS) is 10.7. The van der Waals surface area contributed by atoms with Crippen LogP contribution < -0.4 is 4.90 Å². The molecule has 17 heavy (non-hydrogen) atoms. The first-order chi connectivity index (χ1) is 8.15. The highest BCUT2D eigenvalue weighted by atomic mass is 16.4. The van der Waals surface area contributed by atoms with Crippen molar-refractivity contribution < 1.29 is 14.3 Å². The number of oxazole rings is 1. The zero-order valence-electron chi connectivity index (χ0n) is 9.80. The summed E-state index contributed by atoms with van der Waals surface area (Å²) in [5.41, 5.74) is 1.40. The van der Waals surface area contributed by atoms with Crippen LogP contribution in [0.4, 0.5) is 6.01 Å². The smallest absolute Gasteiger partial charge is 0.335 e. The molecule has 5 heteroatoms. The summed E-state index contributed by atoms with van der Waals surface area (Å²) in [7, 11) is 0. The van der Waals surface area contributed by atoms with Crippen molar-refractivity contribution in [1.29, 1.82) is 0 Å². The molecule has 1 heterocycles. The van der Waals surface area contributed by atoms with Gasteiger partial charge in [0.05, 0.1) is 5.56 Å². The predicted octanol–water partition coefficient (Wildman–Crippen LogP) is 2.37. The molecule has 0 saturated carbocycles. The van der Waals surface area contributed by atoms with Gasteiger partial charge in [0, 0.05) is 13.1 Å². The molecular formula is C12H14N2O3. The van der Waals surface area contributed by atoms with E-state index in [0.717, 1.165) is 13.1 Å². The second-order valence-corrected chi connectivity index (χ2v) is 3.66. The lowest BCUT2D eigenvalue weighted by atomic mass is 10.2. The molecule has 0 bridgehead atoms. The maximum atomic E-state index is 10.8. The van der Waals surface area contributed by atoms with Gasteiger partial charge in [-0.05, 0) is 32.0 Å². The topological polar surface area (TPSA) is 66.6 Å². The summed E-state index contributed by atoms with van der Waals surface area (Å²) in [5.74, 6) is -0.959. The second-order valence-electron chi connectivity index (χ2n) is 3.66. The zero-order valence-corrected chi connectivity index (χ0v) is 9.80. The summed E-state index contributed by atoms with van der Waals surface area (Å²) in [6.45, 7) is 5.63. The molecule has 0 atom stereocenters. The van der Waals surface area contributed by atoms with Crippen molar-refractivity contribution in [1.82, 2.24) is 4.98 Å². The Morgan fingerprint density at radius 1 is 1.41 bits per heavy atom. The Labute approximate surface area is 98.7 Å². The van der Waals surface area contributed by atoms with Crippen LogP contribution in [0, 0.1) is 0 Å². The van der Waals surface area contributed by atoms with Crippen molar-refractivity contribution in [2.75, 3.05) is 18.0 Å². The third-order valence-corrected chi connectivity index (χ3v) is 2.66. The number of aromatic carboxylic acids is 1. The lowest BCUT2D eigenvalue weighted by Crippen LogP contribution is -2.21. The largest absolute Gasteiger partial charge is 0.478 e. The Morgan fingerprint density at radius 2 is 2.12 bits per heavy atom. The number of aromatic nitrogens is 1. The van der Waals surface area contributed by atoms with Crippen LogP contribution in [0.3, 0.4) is 0 Å². The summed E-state index contributed by atoms with van der Waals surface area (Å²) in [5, 5.41) is 8.88. The monoisotopic (exact) mass is 234 g/mol. The van der Waals surface area contributed by atoms with Crippen molar-refractivity contribution in [3.63, 3.8) is 0 Å². The molecule has 1 aromatic heterocycles. The molecule has 0 saturated heterocycles. The van der Waals surface area contributed by atoms with Gasteiger partial charge in [-0.2, -0.15) is 4.98 Å². The SMILES string of the molecule is CCN(CC)c1nc2cc(C(=O)O)ccc2o1. The molecule has 0 aliphatic rings. The summed E-state index contributed by atoms with van der Waals surface area (Å²) in [6.07, 6.45) is 0. The van der Waals surface area contributed by atoms with Gasteiger partial charge >= 0.3 is 5.97 Å². The first-order valence-electron chi connectivity index (χ1n) is 5.54. The highest BCUT2D eigenvalue weighted by Crippen LogP contribution is 2.22. The van der Waals surface area contributed by atoms with Gasteiger partial charge in [-0.15, -0.1) is 0 Å². The van der Waals surface area contributed by atoms with Gasteiger partial charge in [-0.1, -0.05) is 0 Å². The highest BCUT2D eigenvalue weighted by Gasteiger charge is 2.12. The average molecular weight is 234 g/mol. The van der Waals surface area contributed by atoms with E-state index in [1.54, 1.807) is 6.07 Å². The molecule has 2 rings (SSSR count). The van der Waals surface area contributed by atoms with Gasteiger partial charge in [0.1, 0.15) is 5.52 Å². The zero-order chi connectivity index (χ0) is 12.4. The van der Waals surface area contributed by atoms with E-state index in [4.69, 9.17) is 9.52 Å². The Hall–Kier alpha value is -2.04. The van der Waals surface area contributed by atoms with Gasteiger partial charge in [0.2, 0.25) is 0 Å². The number of hydrogen-bond donors (Lipinski definition) is 1. The minimum Gasteiger partial charge on any atom is -0.478 e. The summed E-state index contributed by atoms with van der Waals surface area (Å²) >= 11 is 0. The van der Waals surface area contributed by atoms with Crippen LogP contribution in [-0.4, -0.2) is 29.1 Å².